The van der Waals surface area contributed by atoms with E-state index in [4.69, 9.17) is 5.73 Å². The molecule has 20 heavy (non-hydrogen) atoms. The van der Waals surface area contributed by atoms with E-state index >= 15 is 0 Å². The molecule has 1 aliphatic heterocycles. The number of rotatable bonds is 5. The van der Waals surface area contributed by atoms with E-state index in [1.807, 2.05) is 11.8 Å². The van der Waals surface area contributed by atoms with Crippen molar-refractivity contribution >= 4 is 21.8 Å². The van der Waals surface area contributed by atoms with Gasteiger partial charge in [0.25, 0.3) is 0 Å². The molecule has 1 aliphatic rings. The van der Waals surface area contributed by atoms with E-state index in [1.165, 1.54) is 0 Å². The average molecular weight is 318 g/mol. The van der Waals surface area contributed by atoms with Gasteiger partial charge in [0.1, 0.15) is 4.90 Å². The van der Waals surface area contributed by atoms with Crippen molar-refractivity contribution in [2.45, 2.75) is 44.2 Å². The second kappa shape index (κ2) is 6.46. The Morgan fingerprint density at radius 3 is 2.65 bits per heavy atom. The third-order valence-corrected chi connectivity index (χ3v) is 6.29. The number of nitrogens with two attached hydrogens (primary N) is 1. The van der Waals surface area contributed by atoms with E-state index in [-0.39, 0.29) is 6.04 Å². The zero-order valence-corrected chi connectivity index (χ0v) is 13.6. The molecule has 1 fully saturated rings. The van der Waals surface area contributed by atoms with Crippen molar-refractivity contribution < 1.29 is 8.42 Å². The van der Waals surface area contributed by atoms with Gasteiger partial charge in [-0.15, -0.1) is 0 Å². The smallest absolute Gasteiger partial charge is 0.244 e. The van der Waals surface area contributed by atoms with Gasteiger partial charge in [0.15, 0.2) is 0 Å². The van der Waals surface area contributed by atoms with Gasteiger partial charge < -0.3 is 5.73 Å². The van der Waals surface area contributed by atoms with Gasteiger partial charge in [0.05, 0.1) is 17.9 Å². The number of hydrogen-bond donors (Lipinski definition) is 2. The minimum absolute atomic E-state index is 0.0397. The molecule has 8 heteroatoms. The summed E-state index contributed by atoms with van der Waals surface area (Å²) in [5.41, 5.74) is 6.71. The van der Waals surface area contributed by atoms with Crippen molar-refractivity contribution in [2.24, 2.45) is 5.73 Å². The SMILES string of the molecule is Cc1nn(CCN)c(C)c1S(=O)(=O)NC1CCSCC1. The van der Waals surface area contributed by atoms with Gasteiger partial charge in [-0.25, -0.2) is 13.1 Å². The van der Waals surface area contributed by atoms with E-state index in [1.54, 1.807) is 18.5 Å². The molecule has 0 unspecified atom stereocenters. The van der Waals surface area contributed by atoms with Crippen LogP contribution in [0.25, 0.3) is 0 Å². The lowest BCUT2D eigenvalue weighted by Gasteiger charge is -2.22. The maximum Gasteiger partial charge on any atom is 0.244 e. The van der Waals surface area contributed by atoms with Gasteiger partial charge in [-0.1, -0.05) is 0 Å². The Morgan fingerprint density at radius 1 is 1.40 bits per heavy atom. The number of hydrogen-bond acceptors (Lipinski definition) is 5. The van der Waals surface area contributed by atoms with Crippen molar-refractivity contribution in [3.05, 3.63) is 11.4 Å². The monoisotopic (exact) mass is 318 g/mol. The molecule has 0 aliphatic carbocycles. The molecule has 0 radical (unpaired) electrons. The molecule has 0 saturated carbocycles. The van der Waals surface area contributed by atoms with Gasteiger partial charge in [0, 0.05) is 12.6 Å². The molecule has 6 nitrogen and oxygen atoms in total. The van der Waals surface area contributed by atoms with Crippen LogP contribution in [-0.2, 0) is 16.6 Å². The molecular formula is C12H22N4O2S2. The molecule has 0 amide bonds. The van der Waals surface area contributed by atoms with Crippen LogP contribution < -0.4 is 10.5 Å². The van der Waals surface area contributed by atoms with E-state index in [2.05, 4.69) is 9.82 Å². The summed E-state index contributed by atoms with van der Waals surface area (Å²) in [6, 6.07) is 0.0397. The highest BCUT2D eigenvalue weighted by atomic mass is 32.2. The van der Waals surface area contributed by atoms with Crippen molar-refractivity contribution in [3.63, 3.8) is 0 Å². The molecule has 0 spiro atoms. The summed E-state index contributed by atoms with van der Waals surface area (Å²) >= 11 is 1.87. The maximum atomic E-state index is 12.6. The lowest BCUT2D eigenvalue weighted by molar-refractivity contribution is 0.527. The van der Waals surface area contributed by atoms with Gasteiger partial charge >= 0.3 is 0 Å². The molecule has 2 rings (SSSR count). The highest BCUT2D eigenvalue weighted by molar-refractivity contribution is 7.99. The van der Waals surface area contributed by atoms with Crippen LogP contribution in [0.1, 0.15) is 24.2 Å². The van der Waals surface area contributed by atoms with Crippen LogP contribution in [0.5, 0.6) is 0 Å². The number of sulfonamides is 1. The second-order valence-corrected chi connectivity index (χ2v) is 7.90. The minimum Gasteiger partial charge on any atom is -0.329 e. The summed E-state index contributed by atoms with van der Waals surface area (Å²) in [7, 11) is -3.50. The zero-order chi connectivity index (χ0) is 14.8. The van der Waals surface area contributed by atoms with Crippen molar-refractivity contribution in [1.82, 2.24) is 14.5 Å². The van der Waals surface area contributed by atoms with Crippen LogP contribution in [0.3, 0.4) is 0 Å². The Morgan fingerprint density at radius 2 is 2.05 bits per heavy atom. The molecule has 0 bridgehead atoms. The minimum atomic E-state index is -3.50. The fourth-order valence-electron chi connectivity index (χ4n) is 2.50. The summed E-state index contributed by atoms with van der Waals surface area (Å²) in [5, 5.41) is 4.27. The van der Waals surface area contributed by atoms with Gasteiger partial charge in [-0.2, -0.15) is 16.9 Å². The molecule has 0 atom stereocenters. The Kier molecular flexibility index (Phi) is 5.11. The molecule has 1 saturated heterocycles. The largest absolute Gasteiger partial charge is 0.329 e. The second-order valence-electron chi connectivity index (χ2n) is 5.02. The standard InChI is InChI=1S/C12H22N4O2S2/c1-9-12(10(2)16(14-9)6-5-13)20(17,18)15-11-3-7-19-8-4-11/h11,15H,3-8,13H2,1-2H3. The molecule has 114 valence electrons. The first-order chi connectivity index (χ1) is 9.45. The average Bonchev–Trinajstić information content (AvgIpc) is 2.66. The molecule has 1 aromatic heterocycles. The van der Waals surface area contributed by atoms with Gasteiger partial charge in [-0.05, 0) is 38.2 Å². The molecule has 1 aromatic rings. The highest BCUT2D eigenvalue weighted by Gasteiger charge is 2.27. The Bertz CT molecular complexity index is 562. The zero-order valence-electron chi connectivity index (χ0n) is 11.9. The summed E-state index contributed by atoms with van der Waals surface area (Å²) < 4.78 is 29.6. The molecule has 3 N–H and O–H groups in total. The lowest BCUT2D eigenvalue weighted by Crippen LogP contribution is -2.37. The van der Waals surface area contributed by atoms with Crippen LogP contribution in [0.15, 0.2) is 4.90 Å². The topological polar surface area (TPSA) is 90.0 Å². The Balaban J connectivity index is 2.24. The highest BCUT2D eigenvalue weighted by Crippen LogP contribution is 2.22. The van der Waals surface area contributed by atoms with Gasteiger partial charge in [0.2, 0.25) is 10.0 Å². The fraction of sp³-hybridized carbons (Fsp3) is 0.750. The molecule has 2 heterocycles. The van der Waals surface area contributed by atoms with Crippen LogP contribution in [0.4, 0.5) is 0 Å². The van der Waals surface area contributed by atoms with E-state index in [0.29, 0.717) is 29.4 Å². The van der Waals surface area contributed by atoms with Crippen molar-refractivity contribution in [1.29, 1.82) is 0 Å². The van der Waals surface area contributed by atoms with Crippen molar-refractivity contribution in [3.8, 4) is 0 Å². The van der Waals surface area contributed by atoms with Crippen LogP contribution >= 0.6 is 11.8 Å². The lowest BCUT2D eigenvalue weighted by atomic mass is 10.2. The van der Waals surface area contributed by atoms with Gasteiger partial charge in [-0.3, -0.25) is 4.68 Å². The third-order valence-electron chi connectivity index (χ3n) is 3.47. The first kappa shape index (κ1) is 15.8. The third kappa shape index (κ3) is 3.36. The number of aromatic nitrogens is 2. The summed E-state index contributed by atoms with van der Waals surface area (Å²) in [4.78, 5) is 0.309. The molecule has 0 aromatic carbocycles. The van der Waals surface area contributed by atoms with E-state index < -0.39 is 10.0 Å². The van der Waals surface area contributed by atoms with E-state index in [0.717, 1.165) is 24.3 Å². The Hall–Kier alpha value is -0.570. The first-order valence-corrected chi connectivity index (χ1v) is 9.43. The number of nitrogens with one attached hydrogen (secondary N) is 1. The summed E-state index contributed by atoms with van der Waals surface area (Å²) in [6.45, 7) is 4.48. The number of nitrogens with zero attached hydrogens (tertiary/aromatic N) is 2. The van der Waals surface area contributed by atoms with E-state index in [9.17, 15) is 8.42 Å². The summed E-state index contributed by atoms with van der Waals surface area (Å²) in [5.74, 6) is 2.02. The Labute approximate surface area is 124 Å². The number of aryl methyl sites for hydroxylation is 1. The first-order valence-electron chi connectivity index (χ1n) is 6.80. The number of thioether (sulfide) groups is 1. The summed E-state index contributed by atoms with van der Waals surface area (Å²) in [6.07, 6.45) is 1.78. The van der Waals surface area contributed by atoms with Crippen LogP contribution in [0, 0.1) is 13.8 Å². The predicted octanol–water partition coefficient (Wildman–Crippen LogP) is 0.633. The normalized spacial score (nSPS) is 17.6. The molecular weight excluding hydrogens is 296 g/mol. The maximum absolute atomic E-state index is 12.6. The van der Waals surface area contributed by atoms with Crippen molar-refractivity contribution in [2.75, 3.05) is 18.1 Å². The quantitative estimate of drug-likeness (QED) is 0.831. The van der Waals surface area contributed by atoms with Crippen LogP contribution in [-0.4, -0.2) is 42.3 Å². The van der Waals surface area contributed by atoms with Crippen LogP contribution in [0.2, 0.25) is 0 Å². The fourth-order valence-corrected chi connectivity index (χ4v) is 5.33. The predicted molar refractivity (Wildman–Crippen MR) is 81.4 cm³/mol.